The van der Waals surface area contributed by atoms with E-state index in [0.29, 0.717) is 0 Å². The first kappa shape index (κ1) is 18.1. The van der Waals surface area contributed by atoms with Gasteiger partial charge in [-0.25, -0.2) is 16.8 Å². The Labute approximate surface area is 118 Å². The van der Waals surface area contributed by atoms with Gasteiger partial charge in [-0.15, -0.1) is 23.5 Å². The lowest BCUT2D eigenvalue weighted by molar-refractivity contribution is 0.580. The highest BCUT2D eigenvalue weighted by molar-refractivity contribution is 8.03. The molecule has 0 heterocycles. The molecule has 0 N–H and O–H groups in total. The molecular formula is C10H18O4S4. The van der Waals surface area contributed by atoms with E-state index in [0.717, 1.165) is 10.8 Å². The number of hydrogen-bond acceptors (Lipinski definition) is 6. The van der Waals surface area contributed by atoms with E-state index < -0.39 is 24.9 Å². The summed E-state index contributed by atoms with van der Waals surface area (Å²) in [6, 6.07) is 0. The highest BCUT2D eigenvalue weighted by Gasteiger charge is 2.26. The first-order valence-electron chi connectivity index (χ1n) is 5.14. The third kappa shape index (κ3) is 6.86. The molecule has 0 saturated carbocycles. The second-order valence-electron chi connectivity index (χ2n) is 3.46. The fourth-order valence-corrected chi connectivity index (χ4v) is 6.21. The van der Waals surface area contributed by atoms with Gasteiger partial charge in [0.25, 0.3) is 0 Å². The second-order valence-corrected chi connectivity index (χ2v) is 9.00. The van der Waals surface area contributed by atoms with Gasteiger partial charge in [0.2, 0.25) is 0 Å². The summed E-state index contributed by atoms with van der Waals surface area (Å²) in [7, 11) is -7.00. The molecule has 0 aromatic carbocycles. The highest BCUT2D eigenvalue weighted by Crippen LogP contribution is 2.14. The Morgan fingerprint density at radius 3 is 1.94 bits per heavy atom. The van der Waals surface area contributed by atoms with Crippen LogP contribution in [-0.4, -0.2) is 40.3 Å². The Balaban J connectivity index is 5.03. The third-order valence-corrected chi connectivity index (χ3v) is 6.85. The SMILES string of the molecule is CC[C@@H](CS(=O)(=O)/C=C/SC)S(=O)(=O)/C=C/SC. The summed E-state index contributed by atoms with van der Waals surface area (Å²) in [4.78, 5) is 0. The van der Waals surface area contributed by atoms with Crippen molar-refractivity contribution in [3.63, 3.8) is 0 Å². The van der Waals surface area contributed by atoms with Gasteiger partial charge in [-0.05, 0) is 29.7 Å². The van der Waals surface area contributed by atoms with Crippen molar-refractivity contribution < 1.29 is 16.8 Å². The van der Waals surface area contributed by atoms with Gasteiger partial charge in [0.1, 0.15) is 0 Å². The van der Waals surface area contributed by atoms with Crippen molar-refractivity contribution in [2.75, 3.05) is 18.3 Å². The molecule has 0 aliphatic carbocycles. The van der Waals surface area contributed by atoms with Crippen molar-refractivity contribution in [1.29, 1.82) is 0 Å². The summed E-state index contributed by atoms with van der Waals surface area (Å²) in [6.07, 6.45) is 3.75. The molecule has 106 valence electrons. The molecule has 8 heteroatoms. The zero-order chi connectivity index (χ0) is 14.2. The molecule has 0 aliphatic rings. The van der Waals surface area contributed by atoms with Crippen molar-refractivity contribution in [3.8, 4) is 0 Å². The smallest absolute Gasteiger partial charge is 0.175 e. The lowest BCUT2D eigenvalue weighted by Gasteiger charge is -2.11. The molecule has 18 heavy (non-hydrogen) atoms. The van der Waals surface area contributed by atoms with Gasteiger partial charge in [0, 0.05) is 10.8 Å². The van der Waals surface area contributed by atoms with Crippen molar-refractivity contribution >= 4 is 43.2 Å². The van der Waals surface area contributed by atoms with Gasteiger partial charge in [0.15, 0.2) is 19.7 Å². The Morgan fingerprint density at radius 1 is 1.00 bits per heavy atom. The standard InChI is InChI=1S/C10H18O4S4/c1-4-10(18(13,14)8-6-16-3)9-17(11,12)7-5-15-2/h5-8,10H,4,9H2,1-3H3/b7-5+,8-6+/t10-/m0/s1. The summed E-state index contributed by atoms with van der Waals surface area (Å²) < 4.78 is 47.1. The van der Waals surface area contributed by atoms with Crippen LogP contribution in [-0.2, 0) is 19.7 Å². The molecule has 0 saturated heterocycles. The molecule has 4 nitrogen and oxygen atoms in total. The molecule has 0 aromatic rings. The van der Waals surface area contributed by atoms with Gasteiger partial charge < -0.3 is 0 Å². The second kappa shape index (κ2) is 8.29. The van der Waals surface area contributed by atoms with Crippen LogP contribution in [0.2, 0.25) is 0 Å². The monoisotopic (exact) mass is 330 g/mol. The summed E-state index contributed by atoms with van der Waals surface area (Å²) in [5.74, 6) is -0.373. The van der Waals surface area contributed by atoms with Crippen molar-refractivity contribution in [3.05, 3.63) is 21.6 Å². The number of sulfone groups is 2. The third-order valence-electron chi connectivity index (χ3n) is 2.12. The summed E-state index contributed by atoms with van der Waals surface area (Å²) in [6.45, 7) is 1.67. The molecule has 0 unspecified atom stereocenters. The largest absolute Gasteiger partial charge is 0.224 e. The maximum Gasteiger partial charge on any atom is 0.175 e. The molecule has 0 bridgehead atoms. The molecule has 0 rings (SSSR count). The molecule has 0 aromatic heterocycles. The fourth-order valence-electron chi connectivity index (χ4n) is 1.14. The number of thioether (sulfide) groups is 2. The number of rotatable bonds is 8. The average molecular weight is 331 g/mol. The van der Waals surface area contributed by atoms with E-state index in [4.69, 9.17) is 0 Å². The minimum atomic E-state index is -3.51. The zero-order valence-electron chi connectivity index (χ0n) is 10.6. The Bertz CT molecular complexity index is 488. The van der Waals surface area contributed by atoms with Crippen LogP contribution in [0.1, 0.15) is 13.3 Å². The molecule has 1 atom stereocenters. The predicted octanol–water partition coefficient (Wildman–Crippen LogP) is 2.26. The summed E-state index contributed by atoms with van der Waals surface area (Å²) >= 11 is 2.52. The molecule has 0 radical (unpaired) electrons. The van der Waals surface area contributed by atoms with Crippen LogP contribution in [0.15, 0.2) is 21.6 Å². The van der Waals surface area contributed by atoms with Gasteiger partial charge >= 0.3 is 0 Å². The van der Waals surface area contributed by atoms with E-state index in [1.54, 1.807) is 19.4 Å². The van der Waals surface area contributed by atoms with E-state index >= 15 is 0 Å². The van der Waals surface area contributed by atoms with Crippen LogP contribution in [0.5, 0.6) is 0 Å². The van der Waals surface area contributed by atoms with Crippen LogP contribution in [0, 0.1) is 0 Å². The summed E-state index contributed by atoms with van der Waals surface area (Å²) in [5, 5.41) is 4.14. The first-order chi connectivity index (χ1) is 8.29. The molecule has 0 spiro atoms. The first-order valence-corrected chi connectivity index (χ1v) is 11.0. The fraction of sp³-hybridized carbons (Fsp3) is 0.600. The Kier molecular flexibility index (Phi) is 8.33. The van der Waals surface area contributed by atoms with Crippen LogP contribution in [0.25, 0.3) is 0 Å². The van der Waals surface area contributed by atoms with E-state index in [-0.39, 0.29) is 12.2 Å². The Hall–Kier alpha value is 0.0800. The van der Waals surface area contributed by atoms with Gasteiger partial charge in [-0.2, -0.15) is 0 Å². The van der Waals surface area contributed by atoms with Crippen LogP contribution >= 0.6 is 23.5 Å². The van der Waals surface area contributed by atoms with Gasteiger partial charge in [0.05, 0.1) is 11.0 Å². The zero-order valence-corrected chi connectivity index (χ0v) is 13.8. The minimum Gasteiger partial charge on any atom is -0.224 e. The van der Waals surface area contributed by atoms with Crippen LogP contribution in [0.4, 0.5) is 0 Å². The van der Waals surface area contributed by atoms with E-state index in [2.05, 4.69) is 0 Å². The lowest BCUT2D eigenvalue weighted by Crippen LogP contribution is -2.26. The molecular weight excluding hydrogens is 312 g/mol. The van der Waals surface area contributed by atoms with Crippen LogP contribution < -0.4 is 0 Å². The minimum absolute atomic E-state index is 0.271. The van der Waals surface area contributed by atoms with E-state index in [1.165, 1.54) is 34.3 Å². The molecule has 0 aliphatic heterocycles. The maximum atomic E-state index is 11.9. The van der Waals surface area contributed by atoms with E-state index in [1.807, 2.05) is 0 Å². The quantitative estimate of drug-likeness (QED) is 0.680. The van der Waals surface area contributed by atoms with Gasteiger partial charge in [-0.3, -0.25) is 0 Å². The van der Waals surface area contributed by atoms with Crippen molar-refractivity contribution in [1.82, 2.24) is 0 Å². The van der Waals surface area contributed by atoms with Crippen LogP contribution in [0.3, 0.4) is 0 Å². The Morgan fingerprint density at radius 2 is 1.50 bits per heavy atom. The normalized spacial score (nSPS) is 15.5. The van der Waals surface area contributed by atoms with Crippen molar-refractivity contribution in [2.24, 2.45) is 0 Å². The maximum absolute atomic E-state index is 11.9. The topological polar surface area (TPSA) is 68.3 Å². The van der Waals surface area contributed by atoms with Crippen molar-refractivity contribution in [2.45, 2.75) is 18.6 Å². The highest BCUT2D eigenvalue weighted by atomic mass is 32.2. The summed E-state index contributed by atoms with van der Waals surface area (Å²) in [5.41, 5.74) is 0. The molecule has 0 amide bonds. The molecule has 0 fully saturated rings. The van der Waals surface area contributed by atoms with E-state index in [9.17, 15) is 16.8 Å². The lowest BCUT2D eigenvalue weighted by atomic mass is 10.4. The predicted molar refractivity (Wildman–Crippen MR) is 82.1 cm³/mol. The number of hydrogen-bond donors (Lipinski definition) is 0. The van der Waals surface area contributed by atoms with Gasteiger partial charge in [-0.1, -0.05) is 6.92 Å². The average Bonchev–Trinajstić information content (AvgIpc) is 2.31.